The van der Waals surface area contributed by atoms with Crippen LogP contribution in [0.2, 0.25) is 0 Å². The summed E-state index contributed by atoms with van der Waals surface area (Å²) in [4.78, 5) is 8.02. The first-order chi connectivity index (χ1) is 16.6. The molecule has 0 atom stereocenters. The van der Waals surface area contributed by atoms with E-state index in [1.807, 2.05) is 68.0 Å². The Labute approximate surface area is 221 Å². The van der Waals surface area contributed by atoms with E-state index in [1.54, 1.807) is 0 Å². The third-order valence-corrected chi connectivity index (χ3v) is 12.4. The van der Waals surface area contributed by atoms with Crippen molar-refractivity contribution in [3.05, 3.63) is 77.8 Å². The van der Waals surface area contributed by atoms with E-state index in [9.17, 15) is 0 Å². The van der Waals surface area contributed by atoms with E-state index < -0.39 is 0 Å². The Morgan fingerprint density at radius 2 is 0.882 bits per heavy atom. The number of fused-ring (bicyclic) bond motifs is 6. The number of rotatable bonds is 4. The lowest BCUT2D eigenvalue weighted by molar-refractivity contribution is 1.64. The first-order valence-electron chi connectivity index (χ1n) is 10.9. The summed E-state index contributed by atoms with van der Waals surface area (Å²) >= 11 is 11.4. The monoisotopic (exact) mass is 546 g/mol. The molecule has 0 bridgehead atoms. The Morgan fingerprint density at radius 1 is 0.441 bits per heavy atom. The second-order valence-electron chi connectivity index (χ2n) is 8.30. The summed E-state index contributed by atoms with van der Waals surface area (Å²) in [5, 5.41) is 2.82. The molecular weight excluding hydrogens is 529 g/mol. The molecule has 0 nitrogen and oxygen atoms in total. The maximum atomic E-state index is 2.43. The highest BCUT2D eigenvalue weighted by Gasteiger charge is 2.14. The van der Waals surface area contributed by atoms with Gasteiger partial charge in [0.15, 0.2) is 0 Å². The Kier molecular flexibility index (Phi) is 5.16. The highest BCUT2D eigenvalue weighted by atomic mass is 32.1. The molecule has 0 N–H and O–H groups in total. The van der Waals surface area contributed by atoms with Crippen LogP contribution in [-0.4, -0.2) is 0 Å². The smallest absolute Gasteiger partial charge is 0.0536 e. The molecule has 0 aliphatic heterocycles. The summed E-state index contributed by atoms with van der Waals surface area (Å²) < 4.78 is 8.45. The van der Waals surface area contributed by atoms with Gasteiger partial charge < -0.3 is 0 Å². The molecule has 0 radical (unpaired) electrons. The molecular formula is C28H18S6. The molecule has 7 rings (SSSR count). The van der Waals surface area contributed by atoms with Crippen LogP contribution in [0.3, 0.4) is 0 Å². The molecule has 0 aliphatic carbocycles. The molecule has 0 saturated heterocycles. The van der Waals surface area contributed by atoms with Gasteiger partial charge in [-0.05, 0) is 86.7 Å². The minimum Gasteiger partial charge on any atom is -0.141 e. The number of hydrogen-bond acceptors (Lipinski definition) is 6. The van der Waals surface area contributed by atoms with Gasteiger partial charge >= 0.3 is 0 Å². The Balaban J connectivity index is 1.26. The summed E-state index contributed by atoms with van der Waals surface area (Å²) in [6.45, 7) is 4.32. The van der Waals surface area contributed by atoms with Crippen LogP contribution >= 0.6 is 68.0 Å². The van der Waals surface area contributed by atoms with Crippen molar-refractivity contribution >= 4 is 131 Å². The highest BCUT2D eigenvalue weighted by Crippen LogP contribution is 2.46. The minimum atomic E-state index is 1.32. The average molecular weight is 547 g/mol. The van der Waals surface area contributed by atoms with Crippen LogP contribution in [0, 0.1) is 13.8 Å². The summed E-state index contributed by atoms with van der Waals surface area (Å²) in [5.41, 5.74) is 0. The number of thiophene rings is 6. The zero-order chi connectivity index (χ0) is 22.8. The number of aryl methyl sites for hydroxylation is 2. The fourth-order valence-corrected chi connectivity index (χ4v) is 10.7. The zero-order valence-electron chi connectivity index (χ0n) is 18.4. The molecule has 6 heterocycles. The Hall–Kier alpha value is -2.06. The predicted octanol–water partition coefficient (Wildman–Crippen LogP) is 11.6. The standard InChI is InChI=1S/C28H18S6/c1-15-3-5-17(29-15)7-9-19-11-25-27(31-19)21-13-24-22(14-23(21)33-25)28-26(34-24)12-20(32-28)10-8-18-6-4-16(2)30-18/h3-14H,1-2H3. The first-order valence-corrected chi connectivity index (χ1v) is 15.8. The van der Waals surface area contributed by atoms with Crippen LogP contribution in [-0.2, 0) is 0 Å². The van der Waals surface area contributed by atoms with E-state index in [4.69, 9.17) is 0 Å². The topological polar surface area (TPSA) is 0 Å². The molecule has 34 heavy (non-hydrogen) atoms. The lowest BCUT2D eigenvalue weighted by Gasteiger charge is -1.93. The van der Waals surface area contributed by atoms with Crippen molar-refractivity contribution in [1.29, 1.82) is 0 Å². The third-order valence-electron chi connectivity index (χ3n) is 5.79. The van der Waals surface area contributed by atoms with Gasteiger partial charge in [0.2, 0.25) is 0 Å². The van der Waals surface area contributed by atoms with Gasteiger partial charge in [-0.2, -0.15) is 0 Å². The van der Waals surface area contributed by atoms with Crippen molar-refractivity contribution < 1.29 is 0 Å². The summed E-state index contributed by atoms with van der Waals surface area (Å²) in [6.07, 6.45) is 9.01. The SMILES string of the molecule is Cc1ccc(C=Cc2cc3sc4cc5c(cc4c3s2)sc2cc(C=Cc3ccc(C)s3)sc25)s1. The van der Waals surface area contributed by atoms with Crippen molar-refractivity contribution in [3.63, 3.8) is 0 Å². The summed E-state index contributed by atoms with van der Waals surface area (Å²) in [7, 11) is 0. The van der Waals surface area contributed by atoms with Gasteiger partial charge in [-0.15, -0.1) is 68.0 Å². The molecule has 6 heteroatoms. The van der Waals surface area contributed by atoms with Crippen LogP contribution in [0.15, 0.2) is 48.5 Å². The van der Waals surface area contributed by atoms with E-state index in [2.05, 4.69) is 86.7 Å². The third kappa shape index (κ3) is 3.73. The Bertz CT molecular complexity index is 1750. The maximum absolute atomic E-state index is 2.43. The fourth-order valence-electron chi connectivity index (χ4n) is 4.21. The van der Waals surface area contributed by atoms with E-state index in [0.29, 0.717) is 0 Å². The minimum absolute atomic E-state index is 1.32. The van der Waals surface area contributed by atoms with Gasteiger partial charge in [0.1, 0.15) is 0 Å². The van der Waals surface area contributed by atoms with Crippen LogP contribution in [0.5, 0.6) is 0 Å². The molecule has 0 amide bonds. The van der Waals surface area contributed by atoms with E-state index in [-0.39, 0.29) is 0 Å². The molecule has 166 valence electrons. The van der Waals surface area contributed by atoms with E-state index in [1.165, 1.54) is 68.2 Å². The molecule has 0 saturated carbocycles. The lowest BCUT2D eigenvalue weighted by atomic mass is 10.2. The quantitative estimate of drug-likeness (QED) is 0.206. The largest absolute Gasteiger partial charge is 0.141 e. The van der Waals surface area contributed by atoms with Gasteiger partial charge in [-0.3, -0.25) is 0 Å². The lowest BCUT2D eigenvalue weighted by Crippen LogP contribution is -1.64. The summed E-state index contributed by atoms with van der Waals surface area (Å²) in [5.74, 6) is 0. The molecule has 0 spiro atoms. The zero-order valence-corrected chi connectivity index (χ0v) is 23.3. The fraction of sp³-hybridized carbons (Fsp3) is 0.0714. The van der Waals surface area contributed by atoms with Crippen molar-refractivity contribution in [3.8, 4) is 0 Å². The molecule has 0 fully saturated rings. The van der Waals surface area contributed by atoms with Crippen molar-refractivity contribution in [1.82, 2.24) is 0 Å². The number of hydrogen-bond donors (Lipinski definition) is 0. The van der Waals surface area contributed by atoms with E-state index in [0.717, 1.165) is 0 Å². The molecule has 1 aromatic carbocycles. The van der Waals surface area contributed by atoms with Crippen molar-refractivity contribution in [2.75, 3.05) is 0 Å². The van der Waals surface area contributed by atoms with Gasteiger partial charge in [0, 0.05) is 58.8 Å². The highest BCUT2D eigenvalue weighted by molar-refractivity contribution is 7.34. The van der Waals surface area contributed by atoms with Crippen LogP contribution in [0.25, 0.3) is 63.3 Å². The first kappa shape index (κ1) is 21.2. The molecule has 0 unspecified atom stereocenters. The van der Waals surface area contributed by atoms with Gasteiger partial charge in [0.25, 0.3) is 0 Å². The van der Waals surface area contributed by atoms with E-state index >= 15 is 0 Å². The second-order valence-corrected chi connectivity index (χ2v) is 15.3. The molecule has 6 aromatic heterocycles. The van der Waals surface area contributed by atoms with Gasteiger partial charge in [-0.1, -0.05) is 0 Å². The predicted molar refractivity (Wildman–Crippen MR) is 164 cm³/mol. The van der Waals surface area contributed by atoms with Crippen molar-refractivity contribution in [2.45, 2.75) is 13.8 Å². The average Bonchev–Trinajstić information content (AvgIpc) is 3.62. The number of benzene rings is 1. The van der Waals surface area contributed by atoms with Gasteiger partial charge in [0.05, 0.1) is 9.40 Å². The maximum Gasteiger partial charge on any atom is 0.0536 e. The Morgan fingerprint density at radius 3 is 1.29 bits per heavy atom. The second kappa shape index (κ2) is 8.26. The normalized spacial score (nSPS) is 12.8. The summed E-state index contributed by atoms with van der Waals surface area (Å²) in [6, 6.07) is 18.3. The van der Waals surface area contributed by atoms with Crippen LogP contribution in [0.1, 0.15) is 29.3 Å². The van der Waals surface area contributed by atoms with Crippen LogP contribution in [0.4, 0.5) is 0 Å². The van der Waals surface area contributed by atoms with Gasteiger partial charge in [-0.25, -0.2) is 0 Å². The molecule has 0 aliphatic rings. The van der Waals surface area contributed by atoms with Crippen LogP contribution < -0.4 is 0 Å². The van der Waals surface area contributed by atoms with Crippen molar-refractivity contribution in [2.24, 2.45) is 0 Å². The molecule has 7 aromatic rings.